The normalized spacial score (nSPS) is 10.6. The van der Waals surface area contributed by atoms with E-state index in [0.29, 0.717) is 18.0 Å². The summed E-state index contributed by atoms with van der Waals surface area (Å²) in [4.78, 5) is 0. The first-order valence-electron chi connectivity index (χ1n) is 4.08. The third-order valence-corrected chi connectivity index (χ3v) is 1.70. The Labute approximate surface area is 78.0 Å². The van der Waals surface area contributed by atoms with Crippen LogP contribution in [0.1, 0.15) is 5.56 Å². The molecule has 0 aromatic heterocycles. The van der Waals surface area contributed by atoms with Crippen molar-refractivity contribution in [2.75, 3.05) is 19.4 Å². The molecule has 1 aromatic rings. The Morgan fingerprint density at radius 2 is 2.23 bits per heavy atom. The van der Waals surface area contributed by atoms with Gasteiger partial charge >= 0.3 is 0 Å². The maximum atomic E-state index is 5.65. The molecule has 3 nitrogen and oxygen atoms in total. The van der Waals surface area contributed by atoms with Crippen LogP contribution in [-0.4, -0.2) is 13.7 Å². The largest absolute Gasteiger partial charge is 0.495 e. The topological polar surface area (TPSA) is 61.3 Å². The summed E-state index contributed by atoms with van der Waals surface area (Å²) in [7, 11) is 1.60. The fourth-order valence-electron chi connectivity index (χ4n) is 1.04. The molecule has 0 amide bonds. The lowest BCUT2D eigenvalue weighted by molar-refractivity contribution is 0.417. The number of anilines is 1. The Bertz CT molecular complexity index is 308. The summed E-state index contributed by atoms with van der Waals surface area (Å²) >= 11 is 0. The lowest BCUT2D eigenvalue weighted by Crippen LogP contribution is -1.93. The van der Waals surface area contributed by atoms with Crippen LogP contribution in [0.3, 0.4) is 0 Å². The predicted molar refractivity (Wildman–Crippen MR) is 55.5 cm³/mol. The minimum Gasteiger partial charge on any atom is -0.495 e. The third kappa shape index (κ3) is 2.49. The molecule has 0 bridgehead atoms. The van der Waals surface area contributed by atoms with Crippen LogP contribution in [0.5, 0.6) is 5.75 Å². The van der Waals surface area contributed by atoms with Crippen molar-refractivity contribution in [2.24, 2.45) is 5.73 Å². The van der Waals surface area contributed by atoms with Gasteiger partial charge in [-0.15, -0.1) is 0 Å². The minimum absolute atomic E-state index is 0.534. The number of nitrogen functional groups attached to an aromatic ring is 1. The third-order valence-electron chi connectivity index (χ3n) is 1.70. The zero-order chi connectivity index (χ0) is 9.68. The van der Waals surface area contributed by atoms with E-state index in [-0.39, 0.29) is 0 Å². The van der Waals surface area contributed by atoms with E-state index in [4.69, 9.17) is 16.2 Å². The van der Waals surface area contributed by atoms with Gasteiger partial charge < -0.3 is 16.2 Å². The molecule has 1 aromatic carbocycles. The van der Waals surface area contributed by atoms with E-state index in [0.717, 1.165) is 5.56 Å². The van der Waals surface area contributed by atoms with Crippen LogP contribution < -0.4 is 16.2 Å². The second-order valence-electron chi connectivity index (χ2n) is 2.64. The number of rotatable bonds is 3. The van der Waals surface area contributed by atoms with Gasteiger partial charge in [0.05, 0.1) is 12.8 Å². The quantitative estimate of drug-likeness (QED) is 0.685. The molecular formula is C10H14N2O. The van der Waals surface area contributed by atoms with Crippen molar-refractivity contribution in [1.82, 2.24) is 0 Å². The van der Waals surface area contributed by atoms with Crippen molar-refractivity contribution in [3.8, 4) is 5.75 Å². The maximum absolute atomic E-state index is 5.65. The summed E-state index contributed by atoms with van der Waals surface area (Å²) in [6, 6.07) is 5.61. The number of ether oxygens (including phenoxy) is 1. The highest BCUT2D eigenvalue weighted by Crippen LogP contribution is 2.22. The Hall–Kier alpha value is -1.48. The predicted octanol–water partition coefficient (Wildman–Crippen LogP) is 1.25. The van der Waals surface area contributed by atoms with Gasteiger partial charge in [-0.25, -0.2) is 0 Å². The van der Waals surface area contributed by atoms with Gasteiger partial charge in [0.15, 0.2) is 0 Å². The Balaban J connectivity index is 2.92. The van der Waals surface area contributed by atoms with Crippen LogP contribution in [0.4, 0.5) is 5.69 Å². The fourth-order valence-corrected chi connectivity index (χ4v) is 1.04. The van der Waals surface area contributed by atoms with Crippen LogP contribution >= 0.6 is 0 Å². The van der Waals surface area contributed by atoms with Gasteiger partial charge in [0.1, 0.15) is 5.75 Å². The summed E-state index contributed by atoms with van der Waals surface area (Å²) in [5, 5.41) is 0. The van der Waals surface area contributed by atoms with Crippen molar-refractivity contribution in [1.29, 1.82) is 0 Å². The molecule has 0 unspecified atom stereocenters. The first-order valence-corrected chi connectivity index (χ1v) is 4.08. The van der Waals surface area contributed by atoms with Crippen molar-refractivity contribution in [2.45, 2.75) is 0 Å². The van der Waals surface area contributed by atoms with E-state index in [1.807, 2.05) is 30.4 Å². The van der Waals surface area contributed by atoms with E-state index in [9.17, 15) is 0 Å². The molecule has 0 aliphatic carbocycles. The van der Waals surface area contributed by atoms with E-state index in [1.54, 1.807) is 7.11 Å². The summed E-state index contributed by atoms with van der Waals surface area (Å²) in [6.45, 7) is 0.534. The Morgan fingerprint density at radius 3 is 2.85 bits per heavy atom. The average molecular weight is 178 g/mol. The van der Waals surface area contributed by atoms with E-state index in [2.05, 4.69) is 0 Å². The summed E-state index contributed by atoms with van der Waals surface area (Å²) < 4.78 is 5.08. The van der Waals surface area contributed by atoms with Crippen LogP contribution in [0, 0.1) is 0 Å². The van der Waals surface area contributed by atoms with Gasteiger partial charge in [0.2, 0.25) is 0 Å². The van der Waals surface area contributed by atoms with Gasteiger partial charge in [-0.2, -0.15) is 0 Å². The lowest BCUT2D eigenvalue weighted by Gasteiger charge is -2.04. The van der Waals surface area contributed by atoms with E-state index >= 15 is 0 Å². The van der Waals surface area contributed by atoms with Crippen LogP contribution in [-0.2, 0) is 0 Å². The molecule has 3 heteroatoms. The Kier molecular flexibility index (Phi) is 3.34. The molecule has 70 valence electrons. The second kappa shape index (κ2) is 4.52. The highest BCUT2D eigenvalue weighted by molar-refractivity contribution is 5.61. The number of hydrogen-bond acceptors (Lipinski definition) is 3. The van der Waals surface area contributed by atoms with Crippen molar-refractivity contribution in [3.63, 3.8) is 0 Å². The molecule has 0 atom stereocenters. The molecule has 0 fully saturated rings. The molecule has 0 saturated heterocycles. The number of nitrogens with two attached hydrogens (primary N) is 2. The summed E-state index contributed by atoms with van der Waals surface area (Å²) in [5.74, 6) is 0.694. The molecule has 4 N–H and O–H groups in total. The standard InChI is InChI=1S/C10H14N2O/c1-13-10-7-8(3-2-6-11)4-5-9(10)12/h2-5,7H,6,11-12H2,1H3/b3-2+. The first-order chi connectivity index (χ1) is 6.27. The lowest BCUT2D eigenvalue weighted by atomic mass is 10.2. The molecule has 0 saturated carbocycles. The van der Waals surface area contributed by atoms with E-state index < -0.39 is 0 Å². The molecule has 0 aliphatic heterocycles. The summed E-state index contributed by atoms with van der Waals surface area (Å²) in [5.41, 5.74) is 12.7. The minimum atomic E-state index is 0.534. The van der Waals surface area contributed by atoms with Gasteiger partial charge in [-0.3, -0.25) is 0 Å². The SMILES string of the molecule is COc1cc(/C=C/CN)ccc1N. The second-order valence-corrected chi connectivity index (χ2v) is 2.64. The van der Waals surface area contributed by atoms with Gasteiger partial charge in [0.25, 0.3) is 0 Å². The number of methoxy groups -OCH3 is 1. The van der Waals surface area contributed by atoms with Crippen molar-refractivity contribution < 1.29 is 4.74 Å². The molecule has 0 spiro atoms. The molecular weight excluding hydrogens is 164 g/mol. The molecule has 0 radical (unpaired) electrons. The van der Waals surface area contributed by atoms with Crippen LogP contribution in [0.25, 0.3) is 6.08 Å². The molecule has 0 aliphatic rings. The zero-order valence-corrected chi connectivity index (χ0v) is 7.66. The number of hydrogen-bond donors (Lipinski definition) is 2. The highest BCUT2D eigenvalue weighted by atomic mass is 16.5. The van der Waals surface area contributed by atoms with Gasteiger partial charge in [-0.1, -0.05) is 18.2 Å². The molecule has 13 heavy (non-hydrogen) atoms. The number of benzene rings is 1. The molecule has 1 rings (SSSR count). The summed E-state index contributed by atoms with van der Waals surface area (Å²) in [6.07, 6.45) is 3.81. The van der Waals surface area contributed by atoms with Crippen molar-refractivity contribution in [3.05, 3.63) is 29.8 Å². The molecule has 0 heterocycles. The van der Waals surface area contributed by atoms with Crippen molar-refractivity contribution >= 4 is 11.8 Å². The average Bonchev–Trinajstić information content (AvgIpc) is 2.16. The van der Waals surface area contributed by atoms with Gasteiger partial charge in [-0.05, 0) is 17.7 Å². The van der Waals surface area contributed by atoms with Gasteiger partial charge in [0, 0.05) is 6.54 Å². The highest BCUT2D eigenvalue weighted by Gasteiger charge is 1.97. The Morgan fingerprint density at radius 1 is 1.46 bits per heavy atom. The zero-order valence-electron chi connectivity index (χ0n) is 7.66. The fraction of sp³-hybridized carbons (Fsp3) is 0.200. The van der Waals surface area contributed by atoms with Crippen LogP contribution in [0.2, 0.25) is 0 Å². The van der Waals surface area contributed by atoms with E-state index in [1.165, 1.54) is 0 Å². The monoisotopic (exact) mass is 178 g/mol. The smallest absolute Gasteiger partial charge is 0.142 e. The van der Waals surface area contributed by atoms with Crippen LogP contribution in [0.15, 0.2) is 24.3 Å². The first kappa shape index (κ1) is 9.61. The maximum Gasteiger partial charge on any atom is 0.142 e.